The van der Waals surface area contributed by atoms with Crippen molar-refractivity contribution in [2.24, 2.45) is 0 Å². The van der Waals surface area contributed by atoms with Crippen LogP contribution in [0.15, 0.2) is 54.6 Å². The molecule has 1 N–H and O–H groups in total. The summed E-state index contributed by atoms with van der Waals surface area (Å²) in [5, 5.41) is 0. The summed E-state index contributed by atoms with van der Waals surface area (Å²) >= 11 is 0. The lowest BCUT2D eigenvalue weighted by atomic mass is 9.98. The Kier molecular flexibility index (Phi) is 4.66. The lowest BCUT2D eigenvalue weighted by Gasteiger charge is -2.13. The van der Waals surface area contributed by atoms with Gasteiger partial charge in [-0.1, -0.05) is 48.5 Å². The maximum Gasteiger partial charge on any atom is 0.323 e. The molecule has 0 aliphatic heterocycles. The highest BCUT2D eigenvalue weighted by molar-refractivity contribution is 6.02. The zero-order chi connectivity index (χ0) is 15.2. The van der Waals surface area contributed by atoms with Crippen LogP contribution in [-0.2, 0) is 20.9 Å². The smallest absolute Gasteiger partial charge is 0.323 e. The highest BCUT2D eigenvalue weighted by atomic mass is 19.1. The van der Waals surface area contributed by atoms with Crippen LogP contribution in [0, 0.1) is 5.82 Å². The third kappa shape index (κ3) is 3.66. The molecule has 1 radical (unpaired) electrons. The zero-order valence-corrected chi connectivity index (χ0v) is 11.1. The molecule has 21 heavy (non-hydrogen) atoms. The molecule has 0 aliphatic carbocycles. The average Bonchev–Trinajstić information content (AvgIpc) is 2.48. The maximum absolute atomic E-state index is 13.7. The second-order valence-electron chi connectivity index (χ2n) is 4.41. The van der Waals surface area contributed by atoms with Crippen LogP contribution in [0.3, 0.4) is 0 Å². The summed E-state index contributed by atoms with van der Waals surface area (Å²) < 4.78 is 18.7. The second-order valence-corrected chi connectivity index (χ2v) is 4.41. The number of carbonyl (C=O) groups excluding carboxylic acids is 2. The van der Waals surface area contributed by atoms with Gasteiger partial charge in [-0.05, 0) is 11.6 Å². The summed E-state index contributed by atoms with van der Waals surface area (Å²) in [6.07, 6.45) is 0. The molecule has 0 heterocycles. The fourth-order valence-electron chi connectivity index (χ4n) is 1.90. The largest absolute Gasteiger partial charge is 0.460 e. The molecule has 1 atom stereocenters. The van der Waals surface area contributed by atoms with Gasteiger partial charge in [0.1, 0.15) is 12.4 Å². The van der Waals surface area contributed by atoms with Gasteiger partial charge in [0, 0.05) is 5.56 Å². The Labute approximate surface area is 121 Å². The Morgan fingerprint density at radius 3 is 2.29 bits per heavy atom. The van der Waals surface area contributed by atoms with Crippen molar-refractivity contribution in [3.05, 3.63) is 71.5 Å². The summed E-state index contributed by atoms with van der Waals surface area (Å²) in [5.41, 5.74) is 7.78. The predicted molar refractivity (Wildman–Crippen MR) is 73.5 cm³/mol. The molecule has 4 nitrogen and oxygen atoms in total. The van der Waals surface area contributed by atoms with Crippen LogP contribution in [-0.4, -0.2) is 11.9 Å². The van der Waals surface area contributed by atoms with Crippen LogP contribution in [0.4, 0.5) is 4.39 Å². The van der Waals surface area contributed by atoms with Gasteiger partial charge in [-0.3, -0.25) is 15.3 Å². The molecular weight excluding hydrogens is 273 g/mol. The third-order valence-corrected chi connectivity index (χ3v) is 2.94. The van der Waals surface area contributed by atoms with Gasteiger partial charge < -0.3 is 4.74 Å². The van der Waals surface area contributed by atoms with Crippen LogP contribution in [0.1, 0.15) is 17.0 Å². The Hall–Kier alpha value is -2.69. The molecule has 0 fully saturated rings. The van der Waals surface area contributed by atoms with E-state index in [0.29, 0.717) is 0 Å². The normalized spacial score (nSPS) is 11.7. The lowest BCUT2D eigenvalue weighted by Crippen LogP contribution is -2.25. The summed E-state index contributed by atoms with van der Waals surface area (Å²) in [6, 6.07) is 14.3. The van der Waals surface area contributed by atoms with Gasteiger partial charge in [-0.25, -0.2) is 4.39 Å². The fourth-order valence-corrected chi connectivity index (χ4v) is 1.90. The number of halogens is 1. The quantitative estimate of drug-likeness (QED) is 0.626. The molecule has 0 spiro atoms. The first-order valence-electron chi connectivity index (χ1n) is 6.30. The van der Waals surface area contributed by atoms with Crippen LogP contribution < -0.4 is 5.73 Å². The van der Waals surface area contributed by atoms with Gasteiger partial charge in [-0.15, -0.1) is 0 Å². The van der Waals surface area contributed by atoms with E-state index in [1.54, 1.807) is 24.3 Å². The Morgan fingerprint density at radius 2 is 1.67 bits per heavy atom. The molecule has 107 valence electrons. The molecule has 1 unspecified atom stereocenters. The standard InChI is InChI=1S/C16H13FNO3/c17-13-9-5-4-8-12(13)14(15(18)19)16(20)21-10-11-6-2-1-3-7-11/h1-9,14,18H,10H2. The molecule has 5 heteroatoms. The van der Waals surface area contributed by atoms with Gasteiger partial charge in [0.05, 0.1) is 0 Å². The van der Waals surface area contributed by atoms with E-state index in [1.807, 2.05) is 6.07 Å². The topological polar surface area (TPSA) is 67.2 Å². The number of nitrogens with one attached hydrogen (secondary N) is 1. The van der Waals surface area contributed by atoms with Crippen molar-refractivity contribution in [3.63, 3.8) is 0 Å². The average molecular weight is 286 g/mol. The first-order valence-corrected chi connectivity index (χ1v) is 6.30. The molecular formula is C16H13FNO3. The van der Waals surface area contributed by atoms with E-state index in [4.69, 9.17) is 10.5 Å². The van der Waals surface area contributed by atoms with Gasteiger partial charge >= 0.3 is 5.97 Å². The first-order chi connectivity index (χ1) is 10.1. The van der Waals surface area contributed by atoms with Crippen molar-refractivity contribution in [1.29, 1.82) is 0 Å². The van der Waals surface area contributed by atoms with E-state index >= 15 is 0 Å². The van der Waals surface area contributed by atoms with E-state index in [2.05, 4.69) is 0 Å². The number of esters is 1. The van der Waals surface area contributed by atoms with Gasteiger partial charge in [0.15, 0.2) is 5.92 Å². The van der Waals surface area contributed by atoms with Gasteiger partial charge in [-0.2, -0.15) is 0 Å². The summed E-state index contributed by atoms with van der Waals surface area (Å²) in [7, 11) is 0. The summed E-state index contributed by atoms with van der Waals surface area (Å²) in [5.74, 6) is -4.39. The highest BCUT2D eigenvalue weighted by Crippen LogP contribution is 2.21. The molecule has 1 amide bonds. The van der Waals surface area contributed by atoms with E-state index in [-0.39, 0.29) is 12.2 Å². The minimum absolute atomic E-state index is 0.0299. The SMILES string of the molecule is [NH]C(=O)C(C(=O)OCc1ccccc1)c1ccccc1F. The van der Waals surface area contributed by atoms with E-state index in [0.717, 1.165) is 11.6 Å². The van der Waals surface area contributed by atoms with Crippen molar-refractivity contribution < 1.29 is 18.7 Å². The van der Waals surface area contributed by atoms with E-state index < -0.39 is 23.6 Å². The summed E-state index contributed by atoms with van der Waals surface area (Å²) in [4.78, 5) is 23.3. The number of amides is 1. The predicted octanol–water partition coefficient (Wildman–Crippen LogP) is 2.46. The van der Waals surface area contributed by atoms with Crippen LogP contribution in [0.5, 0.6) is 0 Å². The number of hydrogen-bond acceptors (Lipinski definition) is 3. The molecule has 2 aromatic rings. The van der Waals surface area contributed by atoms with Crippen molar-refractivity contribution in [2.75, 3.05) is 0 Å². The van der Waals surface area contributed by atoms with Crippen LogP contribution in [0.2, 0.25) is 0 Å². The molecule has 0 aliphatic rings. The maximum atomic E-state index is 13.7. The van der Waals surface area contributed by atoms with Crippen molar-refractivity contribution in [2.45, 2.75) is 12.5 Å². The number of hydrogen-bond donors (Lipinski definition) is 0. The van der Waals surface area contributed by atoms with Crippen molar-refractivity contribution >= 4 is 11.9 Å². The van der Waals surface area contributed by atoms with Gasteiger partial charge in [0.25, 0.3) is 5.91 Å². The number of ether oxygens (including phenoxy) is 1. The number of carbonyl (C=O) groups is 2. The minimum atomic E-state index is -1.56. The lowest BCUT2D eigenvalue weighted by molar-refractivity contribution is -0.149. The van der Waals surface area contributed by atoms with Crippen LogP contribution >= 0.6 is 0 Å². The van der Waals surface area contributed by atoms with E-state index in [1.165, 1.54) is 18.2 Å². The number of rotatable bonds is 5. The second kappa shape index (κ2) is 6.65. The molecule has 0 bridgehead atoms. The fraction of sp³-hybridized carbons (Fsp3) is 0.125. The minimum Gasteiger partial charge on any atom is -0.460 e. The highest BCUT2D eigenvalue weighted by Gasteiger charge is 2.31. The number of benzene rings is 2. The van der Waals surface area contributed by atoms with Crippen molar-refractivity contribution in [3.8, 4) is 0 Å². The molecule has 0 saturated carbocycles. The monoisotopic (exact) mass is 286 g/mol. The Morgan fingerprint density at radius 1 is 1.05 bits per heavy atom. The third-order valence-electron chi connectivity index (χ3n) is 2.94. The van der Waals surface area contributed by atoms with Crippen molar-refractivity contribution in [1.82, 2.24) is 5.73 Å². The van der Waals surface area contributed by atoms with Gasteiger partial charge in [0.2, 0.25) is 0 Å². The zero-order valence-electron chi connectivity index (χ0n) is 11.1. The molecule has 0 aromatic heterocycles. The Balaban J connectivity index is 2.14. The van der Waals surface area contributed by atoms with Crippen LogP contribution in [0.25, 0.3) is 0 Å². The summed E-state index contributed by atoms with van der Waals surface area (Å²) in [6.45, 7) is -0.0299. The van der Waals surface area contributed by atoms with E-state index in [9.17, 15) is 14.0 Å². The Bertz CT molecular complexity index is 643. The first kappa shape index (κ1) is 14.7. The molecule has 0 saturated heterocycles. The molecule has 2 rings (SSSR count). The molecule has 2 aromatic carbocycles.